The number of methoxy groups -OCH3 is 2. The summed E-state index contributed by atoms with van der Waals surface area (Å²) < 4.78 is 6.88. The van der Waals surface area contributed by atoms with Crippen LogP contribution in [0.2, 0.25) is 0 Å². The van der Waals surface area contributed by atoms with Crippen molar-refractivity contribution in [3.05, 3.63) is 0 Å². The van der Waals surface area contributed by atoms with Crippen LogP contribution in [0, 0.1) is 5.92 Å². The van der Waals surface area contributed by atoms with E-state index in [-0.39, 0.29) is 0 Å². The second-order valence-corrected chi connectivity index (χ2v) is 5.82. The predicted molar refractivity (Wildman–Crippen MR) is 60.5 cm³/mol. The van der Waals surface area contributed by atoms with Crippen molar-refractivity contribution in [2.45, 2.75) is 8.62 Å². The number of halogens is 4. The summed E-state index contributed by atoms with van der Waals surface area (Å²) in [6, 6.07) is 0. The van der Waals surface area contributed by atoms with E-state index in [9.17, 15) is 9.59 Å². The number of hydrogen-bond acceptors (Lipinski definition) is 4. The lowest BCUT2D eigenvalue weighted by atomic mass is 10.1. The van der Waals surface area contributed by atoms with Gasteiger partial charge in [-0.25, -0.2) is 0 Å². The first-order valence-corrected chi connectivity index (χ1v) is 5.67. The van der Waals surface area contributed by atoms with Gasteiger partial charge in [-0.15, -0.1) is 0 Å². The largest absolute Gasteiger partial charge is 0.469 e. The first kappa shape index (κ1) is 15.3. The van der Waals surface area contributed by atoms with Crippen LogP contribution in [-0.4, -0.2) is 34.8 Å². The van der Waals surface area contributed by atoms with Crippen molar-refractivity contribution < 1.29 is 19.1 Å². The summed E-state index contributed by atoms with van der Waals surface area (Å²) in [4.78, 5) is 21.4. The molecule has 88 valence electrons. The number of alkyl halides is 4. The normalized spacial score (nSPS) is 15.3. The van der Waals surface area contributed by atoms with Crippen LogP contribution in [-0.2, 0) is 19.1 Å². The Hall–Kier alpha value is 0.290. The lowest BCUT2D eigenvalue weighted by Gasteiger charge is -2.24. The molecule has 4 nitrogen and oxygen atoms in total. The average molecular weight is 342 g/mol. The van der Waals surface area contributed by atoms with Crippen LogP contribution in [0.3, 0.4) is 0 Å². The molecule has 0 radical (unpaired) electrons. The standard InChI is InChI=1S/C7H8BrCl3O4/c1-14-5(12)3(7(9,10)11)4(8)6(13)15-2/h3-4H,1-2H3/t3-,4-/m1/s1. The maximum absolute atomic E-state index is 11.3. The highest BCUT2D eigenvalue weighted by molar-refractivity contribution is 9.10. The molecule has 15 heavy (non-hydrogen) atoms. The monoisotopic (exact) mass is 340 g/mol. The van der Waals surface area contributed by atoms with E-state index in [1.807, 2.05) is 0 Å². The summed E-state index contributed by atoms with van der Waals surface area (Å²) in [5.74, 6) is -2.82. The molecule has 0 unspecified atom stereocenters. The number of carbonyl (C=O) groups excluding carboxylic acids is 2. The molecule has 0 aliphatic rings. The van der Waals surface area contributed by atoms with Crippen LogP contribution in [0.5, 0.6) is 0 Å². The average Bonchev–Trinajstić information content (AvgIpc) is 2.14. The zero-order valence-corrected chi connectivity index (χ0v) is 11.7. The van der Waals surface area contributed by atoms with E-state index in [0.29, 0.717) is 0 Å². The predicted octanol–water partition coefficient (Wildman–Crippen LogP) is 2.08. The molecular weight excluding hydrogens is 334 g/mol. The van der Waals surface area contributed by atoms with E-state index in [4.69, 9.17) is 34.8 Å². The fourth-order valence-electron chi connectivity index (χ4n) is 0.795. The molecule has 0 bridgehead atoms. The highest BCUT2D eigenvalue weighted by atomic mass is 79.9. The fraction of sp³-hybridized carbons (Fsp3) is 0.714. The summed E-state index contributed by atoms with van der Waals surface area (Å²) in [5.41, 5.74) is 0. The molecule has 0 aromatic heterocycles. The maximum Gasteiger partial charge on any atom is 0.320 e. The van der Waals surface area contributed by atoms with Crippen molar-refractivity contribution in [1.82, 2.24) is 0 Å². The van der Waals surface area contributed by atoms with E-state index < -0.39 is 26.5 Å². The van der Waals surface area contributed by atoms with Crippen LogP contribution < -0.4 is 0 Å². The van der Waals surface area contributed by atoms with Gasteiger partial charge in [-0.1, -0.05) is 50.7 Å². The maximum atomic E-state index is 11.3. The zero-order valence-electron chi connectivity index (χ0n) is 7.80. The highest BCUT2D eigenvalue weighted by Gasteiger charge is 2.47. The molecular formula is C7H8BrCl3O4. The lowest BCUT2D eigenvalue weighted by molar-refractivity contribution is -0.150. The second kappa shape index (κ2) is 6.13. The Labute approximate surface area is 110 Å². The summed E-state index contributed by atoms with van der Waals surface area (Å²) in [6.45, 7) is 0. The van der Waals surface area contributed by atoms with E-state index >= 15 is 0 Å². The van der Waals surface area contributed by atoms with E-state index in [1.165, 1.54) is 0 Å². The Balaban J connectivity index is 4.95. The van der Waals surface area contributed by atoms with Gasteiger partial charge < -0.3 is 9.47 Å². The van der Waals surface area contributed by atoms with Gasteiger partial charge in [-0.05, 0) is 0 Å². The molecule has 0 heterocycles. The number of ether oxygens (including phenoxy) is 2. The Morgan fingerprint density at radius 3 is 1.80 bits per heavy atom. The van der Waals surface area contributed by atoms with Crippen LogP contribution in [0.25, 0.3) is 0 Å². The third kappa shape index (κ3) is 4.34. The molecule has 8 heteroatoms. The molecule has 0 fully saturated rings. The van der Waals surface area contributed by atoms with Gasteiger partial charge in [0.15, 0.2) is 0 Å². The Bertz CT molecular complexity index is 253. The van der Waals surface area contributed by atoms with Crippen molar-refractivity contribution in [3.8, 4) is 0 Å². The third-order valence-corrected chi connectivity index (χ3v) is 3.13. The van der Waals surface area contributed by atoms with Crippen molar-refractivity contribution in [1.29, 1.82) is 0 Å². The lowest BCUT2D eigenvalue weighted by Crippen LogP contribution is -2.40. The van der Waals surface area contributed by atoms with E-state index in [0.717, 1.165) is 14.2 Å². The van der Waals surface area contributed by atoms with Gasteiger partial charge in [0.1, 0.15) is 10.7 Å². The molecule has 0 aromatic rings. The fourth-order valence-corrected chi connectivity index (χ4v) is 2.70. The molecule has 0 amide bonds. The van der Waals surface area contributed by atoms with Gasteiger partial charge in [0, 0.05) is 0 Å². The van der Waals surface area contributed by atoms with E-state index in [2.05, 4.69) is 25.4 Å². The van der Waals surface area contributed by atoms with Crippen molar-refractivity contribution >= 4 is 62.7 Å². The molecule has 0 aromatic carbocycles. The molecule has 0 N–H and O–H groups in total. The minimum absolute atomic E-state index is 0.725. The molecule has 0 aliphatic heterocycles. The van der Waals surface area contributed by atoms with Crippen LogP contribution in [0.15, 0.2) is 0 Å². The smallest absolute Gasteiger partial charge is 0.320 e. The SMILES string of the molecule is COC(=O)[C@H](Br)[C@H](C(=O)OC)C(Cl)(Cl)Cl. The van der Waals surface area contributed by atoms with Crippen molar-refractivity contribution in [3.63, 3.8) is 0 Å². The minimum Gasteiger partial charge on any atom is -0.469 e. The van der Waals surface area contributed by atoms with Crippen LogP contribution in [0.4, 0.5) is 0 Å². The molecule has 0 spiro atoms. The molecule has 0 saturated carbocycles. The van der Waals surface area contributed by atoms with Gasteiger partial charge in [-0.3, -0.25) is 9.59 Å². The van der Waals surface area contributed by atoms with Gasteiger partial charge in [0.05, 0.1) is 14.2 Å². The van der Waals surface area contributed by atoms with Crippen LogP contribution in [0.1, 0.15) is 0 Å². The molecule has 0 rings (SSSR count). The minimum atomic E-state index is -1.96. The van der Waals surface area contributed by atoms with Gasteiger partial charge >= 0.3 is 11.9 Å². The Kier molecular flexibility index (Phi) is 6.25. The van der Waals surface area contributed by atoms with Gasteiger partial charge in [-0.2, -0.15) is 0 Å². The summed E-state index contributed by atoms with van der Waals surface area (Å²) >= 11 is 19.6. The summed E-state index contributed by atoms with van der Waals surface area (Å²) in [6.07, 6.45) is 0. The third-order valence-electron chi connectivity index (χ3n) is 1.53. The molecule has 2 atom stereocenters. The second-order valence-electron chi connectivity index (χ2n) is 2.47. The summed E-state index contributed by atoms with van der Waals surface area (Å²) in [5, 5.41) is 0. The first-order valence-electron chi connectivity index (χ1n) is 3.62. The number of carbonyl (C=O) groups is 2. The zero-order chi connectivity index (χ0) is 12.2. The summed E-state index contributed by atoms with van der Waals surface area (Å²) in [7, 11) is 2.28. The molecule has 0 saturated heterocycles. The topological polar surface area (TPSA) is 52.6 Å². The quantitative estimate of drug-likeness (QED) is 0.582. The van der Waals surface area contributed by atoms with Gasteiger partial charge in [0.25, 0.3) is 0 Å². The highest BCUT2D eigenvalue weighted by Crippen LogP contribution is 2.40. The number of hydrogen-bond donors (Lipinski definition) is 0. The number of rotatable bonds is 3. The van der Waals surface area contributed by atoms with Crippen molar-refractivity contribution in [2.75, 3.05) is 14.2 Å². The first-order chi connectivity index (χ1) is 6.75. The van der Waals surface area contributed by atoms with Gasteiger partial charge in [0.2, 0.25) is 3.79 Å². The Morgan fingerprint density at radius 1 is 1.13 bits per heavy atom. The molecule has 0 aliphatic carbocycles. The number of esters is 2. The van der Waals surface area contributed by atoms with Crippen LogP contribution >= 0.6 is 50.7 Å². The van der Waals surface area contributed by atoms with E-state index in [1.54, 1.807) is 0 Å². The van der Waals surface area contributed by atoms with Crippen molar-refractivity contribution in [2.24, 2.45) is 5.92 Å². The Morgan fingerprint density at radius 2 is 1.53 bits per heavy atom.